The number of hydrogen-bond donors (Lipinski definition) is 3. The normalized spacial score (nSPS) is 16.6. The van der Waals surface area contributed by atoms with E-state index in [0.29, 0.717) is 35.2 Å². The molecule has 41 heavy (non-hydrogen) atoms. The number of aromatic nitrogens is 3. The van der Waals surface area contributed by atoms with E-state index < -0.39 is 32.8 Å². The summed E-state index contributed by atoms with van der Waals surface area (Å²) in [4.78, 5) is 23.7. The lowest BCUT2D eigenvalue weighted by Gasteiger charge is -2.29. The molecule has 0 radical (unpaired) electrons. The molecule has 214 valence electrons. The quantitative estimate of drug-likeness (QED) is 0.286. The maximum atomic E-state index is 14.9. The van der Waals surface area contributed by atoms with Gasteiger partial charge in [0.1, 0.15) is 17.3 Å². The summed E-state index contributed by atoms with van der Waals surface area (Å²) < 4.78 is 58.1. The summed E-state index contributed by atoms with van der Waals surface area (Å²) in [5.41, 5.74) is 1.14. The van der Waals surface area contributed by atoms with Gasteiger partial charge in [-0.2, -0.15) is 4.98 Å². The number of benzene rings is 2. The first-order chi connectivity index (χ1) is 19.7. The molecule has 4 aromatic rings. The molecule has 1 aliphatic heterocycles. The number of sulfonamides is 1. The Morgan fingerprint density at radius 2 is 1.78 bits per heavy atom. The van der Waals surface area contributed by atoms with Crippen molar-refractivity contribution in [3.8, 4) is 5.69 Å². The van der Waals surface area contributed by atoms with Crippen LogP contribution < -0.4 is 15.4 Å². The number of anilines is 3. The van der Waals surface area contributed by atoms with Crippen molar-refractivity contribution >= 4 is 44.3 Å². The lowest BCUT2D eigenvalue weighted by atomic mass is 10.0. The molecule has 2 fully saturated rings. The van der Waals surface area contributed by atoms with Crippen LogP contribution in [-0.2, 0) is 10.0 Å². The van der Waals surface area contributed by atoms with Crippen molar-refractivity contribution < 1.29 is 22.0 Å². The summed E-state index contributed by atoms with van der Waals surface area (Å²) >= 11 is 0. The Hall–Kier alpha value is -4.10. The fourth-order valence-corrected chi connectivity index (χ4v) is 6.25. The molecule has 0 unspecified atom stereocenters. The smallest absolute Gasteiger partial charge is 0.254 e. The Kier molecular flexibility index (Phi) is 7.08. The zero-order valence-electron chi connectivity index (χ0n) is 22.3. The number of halogens is 2. The molecule has 0 bridgehead atoms. The standard InChI is InChI=1S/C28H29F2N7O3S/c1-36-11-9-18(10-12-36)32-27(38)22-6-2-19(14-24(22)30)33-28-31-16-17-8-13-37(26(17)34-28)20-3-7-23(29)25(15-20)35-41(39,40)21-4-5-21/h2-3,6-8,13-16,18,21,35H,4-5,9-12H2,1H3,(H,32,38)(H,31,33,34). The number of piperidine rings is 1. The molecule has 10 nitrogen and oxygen atoms in total. The Bertz CT molecular complexity index is 1730. The van der Waals surface area contributed by atoms with Crippen molar-refractivity contribution in [3.63, 3.8) is 0 Å². The number of carbonyl (C=O) groups excluding carboxylic acids is 1. The lowest BCUT2D eigenvalue weighted by molar-refractivity contribution is 0.0913. The average Bonchev–Trinajstić information content (AvgIpc) is 3.72. The topological polar surface area (TPSA) is 121 Å². The molecule has 13 heteroatoms. The minimum absolute atomic E-state index is 0.0165. The first-order valence-corrected chi connectivity index (χ1v) is 14.9. The molecule has 0 atom stereocenters. The third-order valence-electron chi connectivity index (χ3n) is 7.39. The molecule has 1 saturated heterocycles. The van der Waals surface area contributed by atoms with Crippen molar-refractivity contribution in [1.29, 1.82) is 0 Å². The highest BCUT2D eigenvalue weighted by atomic mass is 32.2. The minimum Gasteiger partial charge on any atom is -0.349 e. The van der Waals surface area contributed by atoms with Gasteiger partial charge in [0, 0.05) is 35.2 Å². The largest absolute Gasteiger partial charge is 0.349 e. The van der Waals surface area contributed by atoms with Crippen molar-refractivity contribution in [3.05, 3.63) is 72.1 Å². The second-order valence-electron chi connectivity index (χ2n) is 10.5. The van der Waals surface area contributed by atoms with Gasteiger partial charge in [-0.25, -0.2) is 22.2 Å². The number of fused-ring (bicyclic) bond motifs is 1. The van der Waals surface area contributed by atoms with E-state index in [-0.39, 0.29) is 23.2 Å². The number of rotatable bonds is 8. The predicted molar refractivity (Wildman–Crippen MR) is 152 cm³/mol. The minimum atomic E-state index is -3.65. The first-order valence-electron chi connectivity index (χ1n) is 13.4. The van der Waals surface area contributed by atoms with Crippen LogP contribution in [-0.4, -0.2) is 65.2 Å². The van der Waals surface area contributed by atoms with Crippen molar-refractivity contribution in [2.75, 3.05) is 30.2 Å². The van der Waals surface area contributed by atoms with Gasteiger partial charge in [-0.1, -0.05) is 0 Å². The highest BCUT2D eigenvalue weighted by molar-refractivity contribution is 7.93. The molecule has 1 aliphatic carbocycles. The fraction of sp³-hybridized carbons (Fsp3) is 0.321. The van der Waals surface area contributed by atoms with E-state index >= 15 is 0 Å². The SMILES string of the molecule is CN1CCC(NC(=O)c2ccc(Nc3ncc4ccn(-c5ccc(F)c(NS(=O)(=O)C6CC6)c5)c4n3)cc2F)CC1. The molecule has 2 aromatic carbocycles. The van der Waals surface area contributed by atoms with Crippen LogP contribution in [0.2, 0.25) is 0 Å². The molecule has 3 N–H and O–H groups in total. The second-order valence-corrected chi connectivity index (χ2v) is 12.5. The molecular formula is C28H29F2N7O3S. The number of amides is 1. The molecule has 6 rings (SSSR count). The third kappa shape index (κ3) is 5.86. The molecule has 0 spiro atoms. The highest BCUT2D eigenvalue weighted by Crippen LogP contribution is 2.31. The Balaban J connectivity index is 1.20. The number of nitrogens with zero attached hydrogens (tertiary/aromatic N) is 4. The molecule has 1 amide bonds. The van der Waals surface area contributed by atoms with Crippen LogP contribution in [0, 0.1) is 11.6 Å². The van der Waals surface area contributed by atoms with E-state index in [4.69, 9.17) is 0 Å². The zero-order valence-corrected chi connectivity index (χ0v) is 23.1. The monoisotopic (exact) mass is 581 g/mol. The van der Waals surface area contributed by atoms with Gasteiger partial charge in [0.2, 0.25) is 16.0 Å². The summed E-state index contributed by atoms with van der Waals surface area (Å²) in [6.07, 6.45) is 6.06. The Morgan fingerprint density at radius 1 is 1.00 bits per heavy atom. The summed E-state index contributed by atoms with van der Waals surface area (Å²) in [6.45, 7) is 1.76. The highest BCUT2D eigenvalue weighted by Gasteiger charge is 2.36. The van der Waals surface area contributed by atoms with E-state index in [1.807, 2.05) is 7.05 Å². The van der Waals surface area contributed by atoms with Crippen LogP contribution in [0.3, 0.4) is 0 Å². The number of likely N-dealkylation sites (tertiary alicyclic amines) is 1. The van der Waals surface area contributed by atoms with Gasteiger partial charge in [-0.15, -0.1) is 0 Å². The van der Waals surface area contributed by atoms with Crippen LogP contribution in [0.1, 0.15) is 36.0 Å². The van der Waals surface area contributed by atoms with Gasteiger partial charge in [0.15, 0.2) is 0 Å². The molecule has 2 aromatic heterocycles. The van der Waals surface area contributed by atoms with E-state index in [2.05, 4.69) is 30.2 Å². The Morgan fingerprint density at radius 3 is 2.51 bits per heavy atom. The van der Waals surface area contributed by atoms with Gasteiger partial charge in [0.25, 0.3) is 5.91 Å². The number of nitrogens with one attached hydrogen (secondary N) is 3. The maximum absolute atomic E-state index is 14.9. The van der Waals surface area contributed by atoms with E-state index in [1.165, 1.54) is 30.3 Å². The predicted octanol–water partition coefficient (Wildman–Crippen LogP) is 4.17. The van der Waals surface area contributed by atoms with Crippen LogP contribution in [0.4, 0.5) is 26.1 Å². The Labute approximate surface area is 235 Å². The van der Waals surface area contributed by atoms with Gasteiger partial charge in [-0.05, 0) is 88.3 Å². The van der Waals surface area contributed by atoms with Crippen molar-refractivity contribution in [2.24, 2.45) is 0 Å². The van der Waals surface area contributed by atoms with Crippen LogP contribution in [0.5, 0.6) is 0 Å². The molecular weight excluding hydrogens is 552 g/mol. The van der Waals surface area contributed by atoms with Gasteiger partial charge in [0.05, 0.1) is 16.5 Å². The van der Waals surface area contributed by atoms with Crippen LogP contribution >= 0.6 is 0 Å². The summed E-state index contributed by atoms with van der Waals surface area (Å²) in [5.74, 6) is -1.62. The third-order valence-corrected chi connectivity index (χ3v) is 9.25. The van der Waals surface area contributed by atoms with Crippen molar-refractivity contribution in [1.82, 2.24) is 24.8 Å². The second kappa shape index (κ2) is 10.7. The molecule has 1 saturated carbocycles. The zero-order chi connectivity index (χ0) is 28.7. The summed E-state index contributed by atoms with van der Waals surface area (Å²) in [6, 6.07) is 10.1. The van der Waals surface area contributed by atoms with E-state index in [0.717, 1.165) is 25.9 Å². The lowest BCUT2D eigenvalue weighted by Crippen LogP contribution is -2.43. The van der Waals surface area contributed by atoms with Gasteiger partial charge >= 0.3 is 0 Å². The van der Waals surface area contributed by atoms with Crippen molar-refractivity contribution in [2.45, 2.75) is 37.0 Å². The molecule has 3 heterocycles. The maximum Gasteiger partial charge on any atom is 0.254 e. The summed E-state index contributed by atoms with van der Waals surface area (Å²) in [7, 11) is -1.61. The fourth-order valence-electron chi connectivity index (χ4n) is 4.87. The van der Waals surface area contributed by atoms with E-state index in [9.17, 15) is 22.0 Å². The van der Waals surface area contributed by atoms with Gasteiger partial charge in [-0.3, -0.25) is 9.52 Å². The van der Waals surface area contributed by atoms with E-state index in [1.54, 1.807) is 29.1 Å². The number of carbonyl (C=O) groups is 1. The summed E-state index contributed by atoms with van der Waals surface area (Å²) in [5, 5.41) is 6.08. The first kappa shape index (κ1) is 27.1. The van der Waals surface area contributed by atoms with Crippen LogP contribution in [0.25, 0.3) is 16.7 Å². The number of hydrogen-bond acceptors (Lipinski definition) is 7. The average molecular weight is 582 g/mol. The van der Waals surface area contributed by atoms with Gasteiger partial charge < -0.3 is 20.1 Å². The molecule has 2 aliphatic rings. The van der Waals surface area contributed by atoms with Crippen LogP contribution in [0.15, 0.2) is 54.9 Å².